The first-order chi connectivity index (χ1) is 11.2. The van der Waals surface area contributed by atoms with Gasteiger partial charge in [-0.25, -0.2) is 0 Å². The fourth-order valence-corrected chi connectivity index (χ4v) is 2.31. The Balaban J connectivity index is 1.59. The first kappa shape index (κ1) is 15.3. The van der Waals surface area contributed by atoms with Crippen LogP contribution in [0.1, 0.15) is 16.1 Å². The number of nitrogens with zero attached hydrogens (tertiary/aromatic N) is 1. The molecule has 0 atom stereocenters. The summed E-state index contributed by atoms with van der Waals surface area (Å²) in [4.78, 5) is 12.1. The summed E-state index contributed by atoms with van der Waals surface area (Å²) in [6, 6.07) is 18.8. The lowest BCUT2D eigenvalue weighted by Crippen LogP contribution is -2.25. The first-order valence-corrected chi connectivity index (χ1v) is 7.65. The number of hydrogen-bond donors (Lipinski definition) is 1. The lowest BCUT2D eigenvalue weighted by atomic mass is 10.1. The third-order valence-electron chi connectivity index (χ3n) is 3.41. The van der Waals surface area contributed by atoms with Crippen molar-refractivity contribution in [2.24, 2.45) is 0 Å². The van der Waals surface area contributed by atoms with Crippen molar-refractivity contribution in [1.82, 2.24) is 10.5 Å². The van der Waals surface area contributed by atoms with Gasteiger partial charge in [-0.3, -0.25) is 4.79 Å². The van der Waals surface area contributed by atoms with Crippen molar-refractivity contribution in [3.8, 4) is 11.3 Å². The molecule has 0 bridgehead atoms. The van der Waals surface area contributed by atoms with Crippen LogP contribution in [0.4, 0.5) is 0 Å². The molecule has 0 fully saturated rings. The Morgan fingerprint density at radius 1 is 1.09 bits per heavy atom. The van der Waals surface area contributed by atoms with Crippen LogP contribution in [-0.2, 0) is 6.42 Å². The second kappa shape index (κ2) is 7.11. The smallest absolute Gasteiger partial charge is 0.273 e. The molecule has 4 nitrogen and oxygen atoms in total. The number of aromatic nitrogens is 1. The van der Waals surface area contributed by atoms with Gasteiger partial charge in [0.1, 0.15) is 0 Å². The minimum absolute atomic E-state index is 0.245. The van der Waals surface area contributed by atoms with Crippen LogP contribution >= 0.6 is 11.6 Å². The second-order valence-electron chi connectivity index (χ2n) is 5.07. The molecule has 5 heteroatoms. The van der Waals surface area contributed by atoms with Gasteiger partial charge in [-0.1, -0.05) is 47.1 Å². The van der Waals surface area contributed by atoms with Gasteiger partial charge in [-0.2, -0.15) is 0 Å². The van der Waals surface area contributed by atoms with Crippen LogP contribution in [0.2, 0.25) is 5.02 Å². The maximum absolute atomic E-state index is 12.1. The third-order valence-corrected chi connectivity index (χ3v) is 3.67. The van der Waals surface area contributed by atoms with Crippen LogP contribution in [0.15, 0.2) is 65.2 Å². The zero-order valence-corrected chi connectivity index (χ0v) is 13.1. The molecular formula is C18H15ClN2O2. The van der Waals surface area contributed by atoms with E-state index < -0.39 is 0 Å². The highest BCUT2D eigenvalue weighted by Crippen LogP contribution is 2.22. The molecule has 0 radical (unpaired) electrons. The van der Waals surface area contributed by atoms with E-state index in [0.29, 0.717) is 17.3 Å². The molecule has 0 aliphatic rings. The topological polar surface area (TPSA) is 55.1 Å². The zero-order chi connectivity index (χ0) is 16.1. The highest BCUT2D eigenvalue weighted by Gasteiger charge is 2.13. The highest BCUT2D eigenvalue weighted by molar-refractivity contribution is 6.30. The Morgan fingerprint density at radius 2 is 1.83 bits per heavy atom. The first-order valence-electron chi connectivity index (χ1n) is 7.27. The summed E-state index contributed by atoms with van der Waals surface area (Å²) >= 11 is 5.85. The Labute approximate surface area is 139 Å². The second-order valence-corrected chi connectivity index (χ2v) is 5.51. The summed E-state index contributed by atoms with van der Waals surface area (Å²) in [6.45, 7) is 0.548. The van der Waals surface area contributed by atoms with Crippen molar-refractivity contribution in [2.45, 2.75) is 6.42 Å². The molecule has 3 rings (SSSR count). The van der Waals surface area contributed by atoms with Crippen molar-refractivity contribution in [3.63, 3.8) is 0 Å². The quantitative estimate of drug-likeness (QED) is 0.772. The summed E-state index contributed by atoms with van der Waals surface area (Å²) in [5.41, 5.74) is 2.27. The van der Waals surface area contributed by atoms with Crippen LogP contribution in [0.5, 0.6) is 0 Å². The fourth-order valence-electron chi connectivity index (χ4n) is 2.19. The van der Waals surface area contributed by atoms with Crippen LogP contribution < -0.4 is 5.32 Å². The van der Waals surface area contributed by atoms with E-state index in [-0.39, 0.29) is 11.6 Å². The summed E-state index contributed by atoms with van der Waals surface area (Å²) in [7, 11) is 0. The van der Waals surface area contributed by atoms with Gasteiger partial charge in [-0.05, 0) is 36.2 Å². The number of carbonyl (C=O) groups is 1. The van der Waals surface area contributed by atoms with E-state index in [0.717, 1.165) is 12.0 Å². The van der Waals surface area contributed by atoms with Crippen molar-refractivity contribution in [2.75, 3.05) is 6.54 Å². The fraction of sp³-hybridized carbons (Fsp3) is 0.111. The van der Waals surface area contributed by atoms with Crippen LogP contribution in [0.25, 0.3) is 11.3 Å². The molecule has 0 unspecified atom stereocenters. The minimum atomic E-state index is -0.245. The number of hydrogen-bond acceptors (Lipinski definition) is 3. The van der Waals surface area contributed by atoms with Gasteiger partial charge in [0.15, 0.2) is 11.5 Å². The molecule has 1 amide bonds. The molecule has 116 valence electrons. The van der Waals surface area contributed by atoms with E-state index in [2.05, 4.69) is 10.5 Å². The molecule has 0 saturated carbocycles. The molecule has 0 spiro atoms. The normalized spacial score (nSPS) is 10.5. The van der Waals surface area contributed by atoms with E-state index in [9.17, 15) is 4.79 Å². The SMILES string of the molecule is O=C(NCCc1ccccc1)c1cc(-c2ccc(Cl)cc2)on1. The zero-order valence-electron chi connectivity index (χ0n) is 12.3. The average molecular weight is 327 g/mol. The molecule has 1 heterocycles. The van der Waals surface area contributed by atoms with Crippen molar-refractivity contribution in [3.05, 3.63) is 76.9 Å². The standard InChI is InChI=1S/C18H15ClN2O2/c19-15-8-6-14(7-9-15)17-12-16(21-23-17)18(22)20-11-10-13-4-2-1-3-5-13/h1-9,12H,10-11H2,(H,20,22). The number of halogens is 1. The summed E-state index contributed by atoms with van der Waals surface area (Å²) in [6.07, 6.45) is 0.772. The lowest BCUT2D eigenvalue weighted by molar-refractivity contribution is 0.0945. The maximum atomic E-state index is 12.1. The molecule has 1 N–H and O–H groups in total. The minimum Gasteiger partial charge on any atom is -0.355 e. The van der Waals surface area contributed by atoms with Crippen LogP contribution in [-0.4, -0.2) is 17.6 Å². The van der Waals surface area contributed by atoms with E-state index >= 15 is 0 Å². The number of carbonyl (C=O) groups excluding carboxylic acids is 1. The third kappa shape index (κ3) is 3.99. The predicted molar refractivity (Wildman–Crippen MR) is 89.4 cm³/mol. The van der Waals surface area contributed by atoms with Gasteiger partial charge in [0, 0.05) is 23.2 Å². The Bertz CT molecular complexity index is 782. The molecule has 3 aromatic rings. The van der Waals surface area contributed by atoms with Crippen molar-refractivity contribution in [1.29, 1.82) is 0 Å². The molecule has 2 aromatic carbocycles. The van der Waals surface area contributed by atoms with E-state index in [1.807, 2.05) is 42.5 Å². The number of nitrogens with one attached hydrogen (secondary N) is 1. The predicted octanol–water partition coefficient (Wildman–Crippen LogP) is 3.97. The number of benzene rings is 2. The molecule has 23 heavy (non-hydrogen) atoms. The van der Waals surface area contributed by atoms with E-state index in [1.165, 1.54) is 5.56 Å². The van der Waals surface area contributed by atoms with Crippen molar-refractivity contribution < 1.29 is 9.32 Å². The van der Waals surface area contributed by atoms with Gasteiger partial charge < -0.3 is 9.84 Å². The largest absolute Gasteiger partial charge is 0.355 e. The molecule has 0 aliphatic heterocycles. The highest BCUT2D eigenvalue weighted by atomic mass is 35.5. The number of rotatable bonds is 5. The van der Waals surface area contributed by atoms with Crippen LogP contribution in [0.3, 0.4) is 0 Å². The molecular weight excluding hydrogens is 312 g/mol. The monoisotopic (exact) mass is 326 g/mol. The summed E-state index contributed by atoms with van der Waals surface area (Å²) < 4.78 is 5.22. The Hall–Kier alpha value is -2.59. The maximum Gasteiger partial charge on any atom is 0.273 e. The number of amides is 1. The Kier molecular flexibility index (Phi) is 4.74. The molecule has 0 aliphatic carbocycles. The van der Waals surface area contributed by atoms with Gasteiger partial charge in [-0.15, -0.1) is 0 Å². The van der Waals surface area contributed by atoms with Crippen LogP contribution in [0, 0.1) is 0 Å². The average Bonchev–Trinajstić information content (AvgIpc) is 3.06. The summed E-state index contributed by atoms with van der Waals surface area (Å²) in [5, 5.41) is 7.30. The van der Waals surface area contributed by atoms with E-state index in [1.54, 1.807) is 18.2 Å². The van der Waals surface area contributed by atoms with Crippen molar-refractivity contribution >= 4 is 17.5 Å². The summed E-state index contributed by atoms with van der Waals surface area (Å²) in [5.74, 6) is 0.291. The molecule has 1 aromatic heterocycles. The van der Waals surface area contributed by atoms with Gasteiger partial charge in [0.05, 0.1) is 0 Å². The lowest BCUT2D eigenvalue weighted by Gasteiger charge is -2.02. The van der Waals surface area contributed by atoms with E-state index in [4.69, 9.17) is 16.1 Å². The van der Waals surface area contributed by atoms with Gasteiger partial charge in [0.25, 0.3) is 5.91 Å². The molecule has 0 saturated heterocycles. The van der Waals surface area contributed by atoms with Gasteiger partial charge in [0.2, 0.25) is 0 Å². The van der Waals surface area contributed by atoms with Gasteiger partial charge >= 0.3 is 0 Å². The Morgan fingerprint density at radius 3 is 2.57 bits per heavy atom.